The van der Waals surface area contributed by atoms with Crippen LogP contribution in [0.25, 0.3) is 88.6 Å². The summed E-state index contributed by atoms with van der Waals surface area (Å²) >= 11 is 4.79. The van der Waals surface area contributed by atoms with Gasteiger partial charge in [-0.2, -0.15) is 0 Å². The van der Waals surface area contributed by atoms with Crippen molar-refractivity contribution in [3.8, 4) is 44.8 Å². The fourth-order valence-electron chi connectivity index (χ4n) is 11.7. The average molecular weight is 1160 g/mol. The Labute approximate surface area is 447 Å². The molecule has 3 aliphatic rings. The lowest BCUT2D eigenvalue weighted by atomic mass is 9.82. The van der Waals surface area contributed by atoms with Crippen LogP contribution >= 0.6 is 45.2 Å². The first-order valence-corrected chi connectivity index (χ1v) is 26.3. The maximum atomic E-state index is 4.81. The molecule has 350 valence electrons. The third kappa shape index (κ3) is 7.24. The fourth-order valence-corrected chi connectivity index (χ4v) is 12.7. The van der Waals surface area contributed by atoms with Crippen molar-refractivity contribution < 1.29 is 0 Å². The molecule has 3 aliphatic carbocycles. The zero-order valence-corrected chi connectivity index (χ0v) is 44.1. The Hall–Kier alpha value is -6.95. The highest BCUT2D eigenvalue weighted by atomic mass is 127. The molecule has 5 nitrogen and oxygen atoms in total. The van der Waals surface area contributed by atoms with Crippen molar-refractivity contribution in [3.05, 3.63) is 241 Å². The highest BCUT2D eigenvalue weighted by Crippen LogP contribution is 2.51. The number of rotatable bonds is 2. The molecule has 0 atom stereocenters. The first kappa shape index (κ1) is 46.1. The number of aromatic nitrogens is 5. The minimum atomic E-state index is -0.172. The lowest BCUT2D eigenvalue weighted by Gasteiger charge is -2.23. The van der Waals surface area contributed by atoms with Gasteiger partial charge in [-0.25, -0.2) is 9.97 Å². The van der Waals surface area contributed by atoms with Crippen molar-refractivity contribution in [3.63, 3.8) is 0 Å². The maximum absolute atomic E-state index is 4.81. The van der Waals surface area contributed by atoms with Crippen molar-refractivity contribution >= 4 is 89.1 Å². The molecule has 5 aromatic heterocycles. The lowest BCUT2D eigenvalue weighted by molar-refractivity contribution is 0.659. The molecule has 0 unspecified atom stereocenters. The molecule has 0 radical (unpaired) electrons. The van der Waals surface area contributed by atoms with E-state index in [1.165, 1.54) is 107 Å². The zero-order chi connectivity index (χ0) is 48.2. The summed E-state index contributed by atoms with van der Waals surface area (Å²) < 4.78 is 7.24. The lowest BCUT2D eigenvalue weighted by Crippen LogP contribution is -2.16. The summed E-state index contributed by atoms with van der Waals surface area (Å²) in [4.78, 5) is 14.0. The molecule has 0 N–H and O–H groups in total. The molecular weight excluding hydrogens is 1100 g/mol. The van der Waals surface area contributed by atoms with Crippen LogP contribution in [0, 0.1) is 7.14 Å². The molecule has 12 aromatic rings. The van der Waals surface area contributed by atoms with Crippen molar-refractivity contribution in [2.24, 2.45) is 0 Å². The van der Waals surface area contributed by atoms with E-state index in [4.69, 9.17) is 9.97 Å². The Morgan fingerprint density at radius 3 is 1.32 bits per heavy atom. The largest absolute Gasteiger partial charge is 0.294 e. The molecule has 0 saturated heterocycles. The molecule has 0 aliphatic heterocycles. The quantitative estimate of drug-likeness (QED) is 0.162. The van der Waals surface area contributed by atoms with E-state index < -0.39 is 0 Å². The molecule has 7 aromatic carbocycles. The highest BCUT2D eigenvalue weighted by Gasteiger charge is 2.37. The number of benzene rings is 7. The molecule has 0 bridgehead atoms. The van der Waals surface area contributed by atoms with Crippen LogP contribution in [-0.2, 0) is 17.3 Å². The minimum absolute atomic E-state index is 0. The first-order chi connectivity index (χ1) is 34.6. The van der Waals surface area contributed by atoms with E-state index in [9.17, 15) is 0 Å². The van der Waals surface area contributed by atoms with Crippen LogP contribution in [0.5, 0.6) is 0 Å². The maximum Gasteiger partial charge on any atom is 0.145 e. The minimum Gasteiger partial charge on any atom is -0.294 e. The zero-order valence-electron chi connectivity index (χ0n) is 39.8. The summed E-state index contributed by atoms with van der Waals surface area (Å²) in [6, 6.07) is 65.6. The first-order valence-electron chi connectivity index (χ1n) is 24.2. The predicted molar refractivity (Wildman–Crippen MR) is 317 cm³/mol. The van der Waals surface area contributed by atoms with E-state index in [-0.39, 0.29) is 18.3 Å². The van der Waals surface area contributed by atoms with Gasteiger partial charge >= 0.3 is 0 Å². The van der Waals surface area contributed by atoms with Gasteiger partial charge < -0.3 is 0 Å². The van der Waals surface area contributed by atoms with Crippen molar-refractivity contribution in [1.29, 1.82) is 0 Å². The van der Waals surface area contributed by atoms with Gasteiger partial charge in [-0.05, 0) is 192 Å². The molecule has 0 saturated carbocycles. The summed E-state index contributed by atoms with van der Waals surface area (Å²) in [6.07, 6.45) is 6.63. The predicted octanol–water partition coefficient (Wildman–Crippen LogP) is 17.5. The summed E-state index contributed by atoms with van der Waals surface area (Å²) in [5.41, 5.74) is 22.8. The van der Waals surface area contributed by atoms with Gasteiger partial charge in [0.05, 0.1) is 16.7 Å². The molecule has 5 heterocycles. The van der Waals surface area contributed by atoms with Gasteiger partial charge in [0.1, 0.15) is 11.3 Å². The summed E-state index contributed by atoms with van der Waals surface area (Å²) in [6.45, 7) is 9.34. The van der Waals surface area contributed by atoms with Crippen LogP contribution in [0.1, 0.15) is 68.6 Å². The van der Waals surface area contributed by atoms with Crippen molar-refractivity contribution in [1.82, 2.24) is 24.1 Å². The molecule has 0 amide bonds. The van der Waals surface area contributed by atoms with E-state index in [0.29, 0.717) is 0 Å². The van der Waals surface area contributed by atoms with Crippen LogP contribution in [0.15, 0.2) is 201 Å². The Bertz CT molecular complexity index is 3770. The van der Waals surface area contributed by atoms with Crippen LogP contribution < -0.4 is 0 Å². The number of halogens is 2. The second-order valence-corrected chi connectivity index (χ2v) is 22.4. The van der Waals surface area contributed by atoms with E-state index in [1.807, 2.05) is 36.8 Å². The Morgan fingerprint density at radius 2 is 0.792 bits per heavy atom. The van der Waals surface area contributed by atoms with Gasteiger partial charge in [-0.3, -0.25) is 14.1 Å². The summed E-state index contributed by atoms with van der Waals surface area (Å²) in [5.74, 6) is 0. The van der Waals surface area contributed by atoms with Crippen LogP contribution in [0.3, 0.4) is 0 Å². The Kier molecular flexibility index (Phi) is 11.3. The van der Waals surface area contributed by atoms with Crippen LogP contribution in [0.2, 0.25) is 0 Å². The number of fused-ring (bicyclic) bond motifs is 15. The van der Waals surface area contributed by atoms with E-state index in [1.54, 1.807) is 0 Å². The molecule has 7 heteroatoms. The van der Waals surface area contributed by atoms with Crippen LogP contribution in [0.4, 0.5) is 0 Å². The third-order valence-corrected chi connectivity index (χ3v) is 16.5. The number of para-hydroxylation sites is 2. The molecule has 0 spiro atoms. The average Bonchev–Trinajstić information content (AvgIpc) is 4.15. The molecule has 72 heavy (non-hydrogen) atoms. The third-order valence-electron chi connectivity index (χ3n) is 15.2. The fraction of sp³-hybridized carbons (Fsp3) is 0.123. The van der Waals surface area contributed by atoms with Gasteiger partial charge in [0.2, 0.25) is 0 Å². The summed E-state index contributed by atoms with van der Waals surface area (Å²) in [5, 5.41) is 4.80. The van der Waals surface area contributed by atoms with Gasteiger partial charge in [0.15, 0.2) is 0 Å². The van der Waals surface area contributed by atoms with Crippen LogP contribution in [-0.4, -0.2) is 24.1 Å². The second kappa shape index (κ2) is 17.7. The SMILES string of the molecule is C.CC1(C)c2cc(-n3c4ccccc4c4cccnc43)ccc2-c2ccc(-n3c4ccccc4c4cccnc43)cc21.CC1(C)c2cc(I)ccc2-c2ccc(I)cc21.c1ccc2c(c1)Cc1ncccc1-2. The van der Waals surface area contributed by atoms with Gasteiger partial charge in [-0.15, -0.1) is 0 Å². The Balaban J connectivity index is 0.000000139. The number of hydrogen-bond acceptors (Lipinski definition) is 3. The summed E-state index contributed by atoms with van der Waals surface area (Å²) in [7, 11) is 0. The van der Waals surface area contributed by atoms with Crippen molar-refractivity contribution in [2.45, 2.75) is 52.4 Å². The van der Waals surface area contributed by atoms with E-state index >= 15 is 0 Å². The van der Waals surface area contributed by atoms with Gasteiger partial charge in [0, 0.05) is 81.5 Å². The topological polar surface area (TPSA) is 48.5 Å². The molecular formula is C65H51I2N5. The second-order valence-electron chi connectivity index (χ2n) is 19.9. The number of nitrogens with zero attached hydrogens (tertiary/aromatic N) is 5. The Morgan fingerprint density at radius 1 is 0.389 bits per heavy atom. The highest BCUT2D eigenvalue weighted by molar-refractivity contribution is 14.1. The van der Waals surface area contributed by atoms with Crippen molar-refractivity contribution in [2.75, 3.05) is 0 Å². The number of pyridine rings is 3. The monoisotopic (exact) mass is 1160 g/mol. The molecule has 15 rings (SSSR count). The van der Waals surface area contributed by atoms with E-state index in [0.717, 1.165) is 29.1 Å². The molecule has 0 fully saturated rings. The smallest absolute Gasteiger partial charge is 0.145 e. The number of hydrogen-bond donors (Lipinski definition) is 0. The van der Waals surface area contributed by atoms with Gasteiger partial charge in [0.25, 0.3) is 0 Å². The normalized spacial score (nSPS) is 13.8. The van der Waals surface area contributed by atoms with E-state index in [2.05, 4.69) is 251 Å². The standard InChI is InChI=1S/C37H26N4.C15H12I2.C12H9N.CH4/c1-37(2)31-21-23(40-33-13-5-3-9-27(33)29-11-7-19-38-35(29)40)15-17-25(31)26-18-16-24(22-32(26)37)41-34-14-6-4-10-28(34)30-12-8-20-39-36(30)41;1-15(2)13-7-9(16)3-5-11(13)12-6-4-10(17)8-14(12)15;1-2-5-10-9(4-1)8-12-11(10)6-3-7-13-12;/h3-22H,1-2H3;3-8H,1-2H3;1-7H,8H2;1H4. The van der Waals surface area contributed by atoms with Gasteiger partial charge in [-0.1, -0.05) is 126 Å².